The van der Waals surface area contributed by atoms with Crippen molar-refractivity contribution in [2.75, 3.05) is 18.5 Å². The van der Waals surface area contributed by atoms with Crippen molar-refractivity contribution < 1.29 is 33.4 Å². The standard InChI is InChI=1S/C32H27NO7/c1-21-10-12-24(13-11-21)32(37)40-27-16-14-23(15-17-27)28(34)19-39-31(36)25-7-5-8-26(18-25)33-30(35)20-38-29-9-4-3-6-22(29)2/h3-18H,19-20H2,1-2H3,(H,33,35). The van der Waals surface area contributed by atoms with Crippen LogP contribution in [0.3, 0.4) is 0 Å². The average Bonchev–Trinajstić information content (AvgIpc) is 2.96. The van der Waals surface area contributed by atoms with E-state index in [0.717, 1.165) is 11.1 Å². The number of esters is 2. The molecule has 0 saturated carbocycles. The molecule has 0 bridgehead atoms. The molecule has 0 atom stereocenters. The predicted octanol–water partition coefficient (Wildman–Crippen LogP) is 5.58. The summed E-state index contributed by atoms with van der Waals surface area (Å²) < 4.78 is 16.1. The van der Waals surface area contributed by atoms with Crippen molar-refractivity contribution in [2.45, 2.75) is 13.8 Å². The second-order valence-corrected chi connectivity index (χ2v) is 8.96. The maximum absolute atomic E-state index is 12.5. The van der Waals surface area contributed by atoms with Crippen LogP contribution in [0, 0.1) is 13.8 Å². The first-order valence-corrected chi connectivity index (χ1v) is 12.5. The van der Waals surface area contributed by atoms with Crippen LogP contribution < -0.4 is 14.8 Å². The molecular formula is C32H27NO7. The van der Waals surface area contributed by atoms with Crippen molar-refractivity contribution in [3.63, 3.8) is 0 Å². The normalized spacial score (nSPS) is 10.3. The van der Waals surface area contributed by atoms with Gasteiger partial charge in [-0.2, -0.15) is 0 Å². The van der Waals surface area contributed by atoms with Crippen molar-refractivity contribution in [3.8, 4) is 11.5 Å². The van der Waals surface area contributed by atoms with Crippen molar-refractivity contribution in [3.05, 3.63) is 125 Å². The number of amides is 1. The number of Topliss-reactive ketones (excluding diaryl/α,β-unsaturated/α-hetero) is 1. The molecule has 0 unspecified atom stereocenters. The van der Waals surface area contributed by atoms with Crippen molar-refractivity contribution in [1.29, 1.82) is 0 Å². The van der Waals surface area contributed by atoms with Gasteiger partial charge in [0.1, 0.15) is 11.5 Å². The Hall–Kier alpha value is -5.24. The second-order valence-electron chi connectivity index (χ2n) is 8.96. The van der Waals surface area contributed by atoms with Gasteiger partial charge in [0, 0.05) is 11.3 Å². The number of benzene rings is 4. The average molecular weight is 538 g/mol. The van der Waals surface area contributed by atoms with E-state index in [-0.39, 0.29) is 23.5 Å². The summed E-state index contributed by atoms with van der Waals surface area (Å²) in [5.41, 5.74) is 3.19. The minimum absolute atomic E-state index is 0.170. The van der Waals surface area contributed by atoms with Gasteiger partial charge in [-0.3, -0.25) is 9.59 Å². The minimum Gasteiger partial charge on any atom is -0.483 e. The summed E-state index contributed by atoms with van der Waals surface area (Å²) in [5.74, 6) is -1.16. The lowest BCUT2D eigenvalue weighted by molar-refractivity contribution is -0.118. The third kappa shape index (κ3) is 7.64. The number of carbonyl (C=O) groups excluding carboxylic acids is 4. The van der Waals surface area contributed by atoms with E-state index in [4.69, 9.17) is 14.2 Å². The van der Waals surface area contributed by atoms with Crippen LogP contribution in [-0.2, 0) is 9.53 Å². The molecule has 0 aliphatic carbocycles. The zero-order chi connectivity index (χ0) is 28.5. The zero-order valence-electron chi connectivity index (χ0n) is 22.0. The second kappa shape index (κ2) is 13.0. The van der Waals surface area contributed by atoms with Gasteiger partial charge in [-0.1, -0.05) is 42.0 Å². The molecule has 8 nitrogen and oxygen atoms in total. The van der Waals surface area contributed by atoms with Crippen LogP contribution in [0.5, 0.6) is 11.5 Å². The summed E-state index contributed by atoms with van der Waals surface area (Å²) >= 11 is 0. The van der Waals surface area contributed by atoms with E-state index in [1.54, 1.807) is 30.3 Å². The number of rotatable bonds is 10. The first kappa shape index (κ1) is 27.8. The summed E-state index contributed by atoms with van der Waals surface area (Å²) in [7, 11) is 0. The first-order valence-electron chi connectivity index (χ1n) is 12.5. The van der Waals surface area contributed by atoms with E-state index in [0.29, 0.717) is 17.0 Å². The number of ether oxygens (including phenoxy) is 3. The van der Waals surface area contributed by atoms with Crippen LogP contribution in [0.15, 0.2) is 97.1 Å². The minimum atomic E-state index is -0.718. The molecule has 0 spiro atoms. The third-order valence-corrected chi connectivity index (χ3v) is 5.84. The topological polar surface area (TPSA) is 108 Å². The fourth-order valence-corrected chi connectivity index (χ4v) is 3.64. The largest absolute Gasteiger partial charge is 0.483 e. The van der Waals surface area contributed by atoms with Gasteiger partial charge in [0.25, 0.3) is 5.91 Å². The Labute approximate surface area is 231 Å². The van der Waals surface area contributed by atoms with Gasteiger partial charge < -0.3 is 19.5 Å². The number of nitrogens with one attached hydrogen (secondary N) is 1. The van der Waals surface area contributed by atoms with Gasteiger partial charge in [0.2, 0.25) is 0 Å². The molecular weight excluding hydrogens is 510 g/mol. The van der Waals surface area contributed by atoms with Crippen LogP contribution in [0.2, 0.25) is 0 Å². The Kier molecular flexibility index (Phi) is 9.04. The number of anilines is 1. The number of hydrogen-bond donors (Lipinski definition) is 1. The molecule has 202 valence electrons. The van der Waals surface area contributed by atoms with Crippen LogP contribution in [-0.4, -0.2) is 36.8 Å². The highest BCUT2D eigenvalue weighted by Gasteiger charge is 2.14. The summed E-state index contributed by atoms with van der Waals surface area (Å²) in [4.78, 5) is 49.6. The Balaban J connectivity index is 1.26. The first-order chi connectivity index (χ1) is 19.3. The van der Waals surface area contributed by atoms with E-state index in [1.165, 1.54) is 36.4 Å². The number of aryl methyl sites for hydroxylation is 2. The van der Waals surface area contributed by atoms with E-state index in [2.05, 4.69) is 5.32 Å². The number of carbonyl (C=O) groups is 4. The van der Waals surface area contributed by atoms with Crippen LogP contribution >= 0.6 is 0 Å². The Morgan fingerprint density at radius 2 is 1.38 bits per heavy atom. The predicted molar refractivity (Wildman–Crippen MR) is 149 cm³/mol. The molecule has 40 heavy (non-hydrogen) atoms. The third-order valence-electron chi connectivity index (χ3n) is 5.84. The number of para-hydroxylation sites is 1. The molecule has 1 amide bonds. The van der Waals surface area contributed by atoms with E-state index >= 15 is 0 Å². The van der Waals surface area contributed by atoms with E-state index in [9.17, 15) is 19.2 Å². The molecule has 0 saturated heterocycles. The highest BCUT2D eigenvalue weighted by Crippen LogP contribution is 2.18. The van der Waals surface area contributed by atoms with Crippen LogP contribution in [0.4, 0.5) is 5.69 Å². The Bertz CT molecular complexity index is 1530. The quantitative estimate of drug-likeness (QED) is 0.160. The maximum Gasteiger partial charge on any atom is 0.343 e. The summed E-state index contributed by atoms with van der Waals surface area (Å²) in [6.07, 6.45) is 0. The highest BCUT2D eigenvalue weighted by molar-refractivity contribution is 6.00. The molecule has 0 fully saturated rings. The fourth-order valence-electron chi connectivity index (χ4n) is 3.64. The van der Waals surface area contributed by atoms with Crippen LogP contribution in [0.25, 0.3) is 0 Å². The highest BCUT2D eigenvalue weighted by atomic mass is 16.5. The smallest absolute Gasteiger partial charge is 0.343 e. The van der Waals surface area contributed by atoms with E-state index in [1.807, 2.05) is 44.2 Å². The van der Waals surface area contributed by atoms with Gasteiger partial charge in [0.05, 0.1) is 11.1 Å². The Morgan fingerprint density at radius 1 is 0.675 bits per heavy atom. The van der Waals surface area contributed by atoms with Crippen molar-refractivity contribution in [2.24, 2.45) is 0 Å². The SMILES string of the molecule is Cc1ccc(C(=O)Oc2ccc(C(=O)COC(=O)c3cccc(NC(=O)COc4ccccc4C)c3)cc2)cc1. The summed E-state index contributed by atoms with van der Waals surface area (Å²) in [5, 5.41) is 2.67. The van der Waals surface area contributed by atoms with Gasteiger partial charge in [0.15, 0.2) is 19.0 Å². The lowest BCUT2D eigenvalue weighted by atomic mass is 10.1. The molecule has 4 rings (SSSR count). The Morgan fingerprint density at radius 3 is 2.10 bits per heavy atom. The molecule has 0 aromatic heterocycles. The van der Waals surface area contributed by atoms with Crippen molar-refractivity contribution in [1.82, 2.24) is 0 Å². The van der Waals surface area contributed by atoms with Crippen molar-refractivity contribution >= 4 is 29.3 Å². The van der Waals surface area contributed by atoms with Gasteiger partial charge in [-0.05, 0) is 80.1 Å². The monoisotopic (exact) mass is 537 g/mol. The molecule has 0 heterocycles. The lowest BCUT2D eigenvalue weighted by Crippen LogP contribution is -2.20. The molecule has 0 aliphatic heterocycles. The molecule has 4 aromatic rings. The lowest BCUT2D eigenvalue weighted by Gasteiger charge is -2.10. The summed E-state index contributed by atoms with van der Waals surface area (Å²) in [6.45, 7) is 3.12. The van der Waals surface area contributed by atoms with Gasteiger partial charge >= 0.3 is 11.9 Å². The maximum atomic E-state index is 12.5. The number of hydrogen-bond acceptors (Lipinski definition) is 7. The summed E-state index contributed by atoms with van der Waals surface area (Å²) in [6, 6.07) is 26.5. The van der Waals surface area contributed by atoms with Crippen LogP contribution in [0.1, 0.15) is 42.2 Å². The van der Waals surface area contributed by atoms with Gasteiger partial charge in [-0.25, -0.2) is 9.59 Å². The zero-order valence-corrected chi connectivity index (χ0v) is 22.0. The molecule has 8 heteroatoms. The van der Waals surface area contributed by atoms with E-state index < -0.39 is 30.2 Å². The molecule has 0 aliphatic rings. The number of ketones is 1. The molecule has 1 N–H and O–H groups in total. The van der Waals surface area contributed by atoms with Gasteiger partial charge in [-0.15, -0.1) is 0 Å². The molecule has 0 radical (unpaired) electrons. The fraction of sp³-hybridized carbons (Fsp3) is 0.125. The molecule has 4 aromatic carbocycles.